The van der Waals surface area contributed by atoms with E-state index in [0.717, 1.165) is 0 Å². The summed E-state index contributed by atoms with van der Waals surface area (Å²) in [7, 11) is 0. The molecule has 1 heterocycles. The maximum atomic E-state index is 12.1. The normalized spacial score (nSPS) is 26.2. The van der Waals surface area contributed by atoms with Gasteiger partial charge in [-0.2, -0.15) is 0 Å². The summed E-state index contributed by atoms with van der Waals surface area (Å²) in [6, 6.07) is 0. The first kappa shape index (κ1) is 16.8. The van der Waals surface area contributed by atoms with E-state index in [9.17, 15) is 9.59 Å². The van der Waals surface area contributed by atoms with Crippen molar-refractivity contribution in [3.63, 3.8) is 0 Å². The van der Waals surface area contributed by atoms with Gasteiger partial charge in [0.2, 0.25) is 0 Å². The third-order valence-electron chi connectivity index (χ3n) is 3.88. The predicted octanol–water partition coefficient (Wildman–Crippen LogP) is 1.83. The molecule has 0 aromatic carbocycles. The summed E-state index contributed by atoms with van der Waals surface area (Å²) in [4.78, 5) is 24.7. The Balaban J connectivity index is 2.79. The van der Waals surface area contributed by atoms with Gasteiger partial charge in [-0.25, -0.2) is 4.79 Å². The van der Waals surface area contributed by atoms with Gasteiger partial charge in [0.15, 0.2) is 0 Å². The summed E-state index contributed by atoms with van der Waals surface area (Å²) in [6.07, 6.45) is -0.0174. The van der Waals surface area contributed by atoms with Crippen LogP contribution in [-0.4, -0.2) is 46.3 Å². The summed E-state index contributed by atoms with van der Waals surface area (Å²) >= 11 is 0. The van der Waals surface area contributed by atoms with E-state index in [1.807, 2.05) is 34.6 Å². The molecule has 0 aliphatic carbocycles. The molecule has 0 aromatic rings. The van der Waals surface area contributed by atoms with E-state index in [4.69, 9.17) is 15.6 Å². The summed E-state index contributed by atoms with van der Waals surface area (Å²) in [6.45, 7) is 10.1. The quantitative estimate of drug-likeness (QED) is 0.807. The van der Waals surface area contributed by atoms with Crippen molar-refractivity contribution in [3.05, 3.63) is 0 Å². The topological polar surface area (TPSA) is 92.9 Å². The third-order valence-corrected chi connectivity index (χ3v) is 3.88. The largest absolute Gasteiger partial charge is 0.481 e. The molecule has 1 saturated heterocycles. The molecule has 0 aromatic heterocycles. The molecule has 1 atom stereocenters. The first-order valence-electron chi connectivity index (χ1n) is 6.85. The van der Waals surface area contributed by atoms with Gasteiger partial charge in [0.05, 0.1) is 6.42 Å². The predicted molar refractivity (Wildman–Crippen MR) is 75.4 cm³/mol. The number of carbonyl (C=O) groups excluding carboxylic acids is 1. The van der Waals surface area contributed by atoms with Crippen molar-refractivity contribution in [2.24, 2.45) is 11.1 Å². The van der Waals surface area contributed by atoms with Gasteiger partial charge < -0.3 is 20.5 Å². The van der Waals surface area contributed by atoms with E-state index >= 15 is 0 Å². The van der Waals surface area contributed by atoms with Gasteiger partial charge in [-0.15, -0.1) is 0 Å². The zero-order chi connectivity index (χ0) is 15.8. The van der Waals surface area contributed by atoms with E-state index in [1.165, 1.54) is 0 Å². The van der Waals surface area contributed by atoms with Gasteiger partial charge >= 0.3 is 12.1 Å². The van der Waals surface area contributed by atoms with Crippen molar-refractivity contribution < 1.29 is 19.4 Å². The highest BCUT2D eigenvalue weighted by Crippen LogP contribution is 2.39. The number of likely N-dealkylation sites (tertiary alicyclic amines) is 1. The van der Waals surface area contributed by atoms with Crippen LogP contribution < -0.4 is 5.73 Å². The van der Waals surface area contributed by atoms with Gasteiger partial charge in [-0.05, 0) is 27.2 Å². The van der Waals surface area contributed by atoms with E-state index in [1.54, 1.807) is 4.90 Å². The van der Waals surface area contributed by atoms with E-state index in [2.05, 4.69) is 0 Å². The minimum atomic E-state index is -0.911. The molecule has 0 radical (unpaired) electrons. The zero-order valence-corrected chi connectivity index (χ0v) is 13.0. The molecule has 20 heavy (non-hydrogen) atoms. The van der Waals surface area contributed by atoms with E-state index < -0.39 is 22.5 Å². The number of nitrogens with zero attached hydrogens (tertiary/aromatic N) is 1. The second-order valence-electron chi connectivity index (χ2n) is 7.26. The summed E-state index contributed by atoms with van der Waals surface area (Å²) in [5.41, 5.74) is 4.43. The second-order valence-corrected chi connectivity index (χ2v) is 7.26. The number of rotatable bonds is 2. The second kappa shape index (κ2) is 5.24. The van der Waals surface area contributed by atoms with Crippen LogP contribution in [0.2, 0.25) is 0 Å². The lowest BCUT2D eigenvalue weighted by molar-refractivity contribution is -0.140. The van der Waals surface area contributed by atoms with Crippen molar-refractivity contribution in [2.45, 2.75) is 58.6 Å². The van der Waals surface area contributed by atoms with Crippen molar-refractivity contribution in [1.29, 1.82) is 0 Å². The number of aliphatic carboxylic acids is 1. The van der Waals surface area contributed by atoms with Crippen molar-refractivity contribution in [1.82, 2.24) is 4.90 Å². The number of hydrogen-bond donors (Lipinski definition) is 2. The van der Waals surface area contributed by atoms with Crippen molar-refractivity contribution >= 4 is 12.1 Å². The fraction of sp³-hybridized carbons (Fsp3) is 0.857. The summed E-state index contributed by atoms with van der Waals surface area (Å²) in [5.74, 6) is -0.911. The molecular weight excluding hydrogens is 260 g/mol. The molecule has 6 nitrogen and oxygen atoms in total. The van der Waals surface area contributed by atoms with Crippen LogP contribution >= 0.6 is 0 Å². The molecule has 116 valence electrons. The highest BCUT2D eigenvalue weighted by Gasteiger charge is 2.48. The lowest BCUT2D eigenvalue weighted by Crippen LogP contribution is -2.64. The Bertz CT molecular complexity index is 400. The molecule has 0 bridgehead atoms. The van der Waals surface area contributed by atoms with Crippen LogP contribution in [0.3, 0.4) is 0 Å². The molecule has 1 amide bonds. The Morgan fingerprint density at radius 1 is 1.35 bits per heavy atom. The molecule has 1 aliphatic rings. The molecule has 3 N–H and O–H groups in total. The maximum Gasteiger partial charge on any atom is 0.410 e. The minimum absolute atomic E-state index is 0.0951. The number of ether oxygens (including phenoxy) is 1. The number of amides is 1. The average molecular weight is 286 g/mol. The van der Waals surface area contributed by atoms with E-state index in [0.29, 0.717) is 19.5 Å². The van der Waals surface area contributed by atoms with Crippen LogP contribution in [0.25, 0.3) is 0 Å². The number of nitrogens with two attached hydrogens (primary N) is 1. The van der Waals surface area contributed by atoms with Gasteiger partial charge in [0, 0.05) is 24.0 Å². The lowest BCUT2D eigenvalue weighted by Gasteiger charge is -2.50. The van der Waals surface area contributed by atoms with Gasteiger partial charge in [-0.3, -0.25) is 4.79 Å². The van der Waals surface area contributed by atoms with Crippen LogP contribution in [0, 0.1) is 5.41 Å². The van der Waals surface area contributed by atoms with Crippen molar-refractivity contribution in [3.8, 4) is 0 Å². The Morgan fingerprint density at radius 2 is 1.90 bits per heavy atom. The number of carbonyl (C=O) groups is 2. The van der Waals surface area contributed by atoms with Crippen LogP contribution in [0.5, 0.6) is 0 Å². The average Bonchev–Trinajstić information content (AvgIpc) is 2.18. The van der Waals surface area contributed by atoms with Gasteiger partial charge in [0.25, 0.3) is 0 Å². The van der Waals surface area contributed by atoms with Gasteiger partial charge in [-0.1, -0.05) is 13.8 Å². The minimum Gasteiger partial charge on any atom is -0.481 e. The number of piperidine rings is 1. The first-order chi connectivity index (χ1) is 8.86. The Kier molecular flexibility index (Phi) is 4.39. The van der Waals surface area contributed by atoms with E-state index in [-0.39, 0.29) is 12.5 Å². The monoisotopic (exact) mass is 286 g/mol. The molecule has 1 fully saturated rings. The van der Waals surface area contributed by atoms with Gasteiger partial charge in [0.1, 0.15) is 5.60 Å². The summed E-state index contributed by atoms with van der Waals surface area (Å²) < 4.78 is 5.35. The number of hydrogen-bond acceptors (Lipinski definition) is 4. The Hall–Kier alpha value is -1.30. The molecule has 0 saturated carbocycles. The highest BCUT2D eigenvalue weighted by molar-refractivity contribution is 5.70. The van der Waals surface area contributed by atoms with Crippen molar-refractivity contribution in [2.75, 3.05) is 13.1 Å². The fourth-order valence-corrected chi connectivity index (χ4v) is 2.47. The molecule has 6 heteroatoms. The van der Waals surface area contributed by atoms with Crippen LogP contribution in [0.1, 0.15) is 47.5 Å². The smallest absolute Gasteiger partial charge is 0.410 e. The SMILES string of the molecule is CC(C)(C)OC(=O)N1CCC(N)(CC(=O)O)C(C)(C)C1. The standard InChI is InChI=1S/C14H26N2O4/c1-12(2,3)20-11(19)16-7-6-14(15,8-10(17)18)13(4,5)9-16/h6-9,15H2,1-5H3,(H,17,18). The van der Waals surface area contributed by atoms with Crippen LogP contribution in [0.4, 0.5) is 4.79 Å². The lowest BCUT2D eigenvalue weighted by atomic mass is 9.66. The number of carboxylic acid groups (broad SMARTS) is 1. The molecule has 1 rings (SSSR count). The molecule has 0 spiro atoms. The van der Waals surface area contributed by atoms with Crippen LogP contribution in [0.15, 0.2) is 0 Å². The zero-order valence-electron chi connectivity index (χ0n) is 13.0. The Morgan fingerprint density at radius 3 is 2.30 bits per heavy atom. The number of carboxylic acids is 1. The highest BCUT2D eigenvalue weighted by atomic mass is 16.6. The Labute approximate surface area is 120 Å². The molecule has 1 aliphatic heterocycles. The first-order valence-corrected chi connectivity index (χ1v) is 6.85. The fourth-order valence-electron chi connectivity index (χ4n) is 2.47. The molecule has 1 unspecified atom stereocenters. The van der Waals surface area contributed by atoms with Crippen LogP contribution in [-0.2, 0) is 9.53 Å². The molecular formula is C14H26N2O4. The maximum absolute atomic E-state index is 12.1. The third kappa shape index (κ3) is 3.85. The summed E-state index contributed by atoms with van der Waals surface area (Å²) in [5, 5.41) is 9.01.